The van der Waals surface area contributed by atoms with Gasteiger partial charge in [-0.25, -0.2) is 14.8 Å². The number of ether oxygens (including phenoxy) is 1. The van der Waals surface area contributed by atoms with Crippen LogP contribution in [0.1, 0.15) is 40.7 Å². The number of aromatic nitrogens is 4. The highest BCUT2D eigenvalue weighted by molar-refractivity contribution is 5.90. The van der Waals surface area contributed by atoms with E-state index >= 15 is 0 Å². The third-order valence-corrected chi connectivity index (χ3v) is 7.58. The lowest BCUT2D eigenvalue weighted by Crippen LogP contribution is -2.05. The van der Waals surface area contributed by atoms with Crippen molar-refractivity contribution in [2.24, 2.45) is 7.05 Å². The molecule has 6 rings (SSSR count). The van der Waals surface area contributed by atoms with Crippen LogP contribution in [-0.4, -0.2) is 32.2 Å². The first-order valence-electron chi connectivity index (χ1n) is 13.7. The summed E-state index contributed by atoms with van der Waals surface area (Å²) in [4.78, 5) is 21.8. The molecule has 0 aliphatic heterocycles. The smallest absolute Gasteiger partial charge is 0.337 e. The molecule has 0 aliphatic carbocycles. The number of hydrogen-bond acceptors (Lipinski definition) is 4. The Morgan fingerprint density at radius 3 is 2.23 bits per heavy atom. The zero-order chi connectivity index (χ0) is 27.8. The number of nitrogens with zero attached hydrogens (tertiary/aromatic N) is 4. The number of esters is 1. The van der Waals surface area contributed by atoms with Crippen molar-refractivity contribution in [1.82, 2.24) is 19.1 Å². The van der Waals surface area contributed by atoms with E-state index in [1.807, 2.05) is 18.2 Å². The van der Waals surface area contributed by atoms with Gasteiger partial charge in [-0.05, 0) is 72.0 Å². The van der Waals surface area contributed by atoms with Gasteiger partial charge in [0.2, 0.25) is 0 Å². The van der Waals surface area contributed by atoms with Crippen LogP contribution in [0.3, 0.4) is 0 Å². The van der Waals surface area contributed by atoms with Crippen LogP contribution in [0.5, 0.6) is 0 Å². The molecule has 0 spiro atoms. The monoisotopic (exact) mass is 528 g/mol. The Hall–Kier alpha value is -4.71. The van der Waals surface area contributed by atoms with Crippen molar-refractivity contribution >= 4 is 28.0 Å². The fourth-order valence-corrected chi connectivity index (χ4v) is 5.47. The van der Waals surface area contributed by atoms with Gasteiger partial charge in [0.25, 0.3) is 0 Å². The number of carbonyl (C=O) groups excluding carboxylic acids is 1. The second kappa shape index (κ2) is 10.5. The van der Waals surface area contributed by atoms with E-state index < -0.39 is 0 Å². The number of benzene rings is 4. The van der Waals surface area contributed by atoms with E-state index in [1.54, 1.807) is 12.1 Å². The molecule has 0 unspecified atom stereocenters. The van der Waals surface area contributed by atoms with Crippen molar-refractivity contribution in [1.29, 1.82) is 0 Å². The summed E-state index contributed by atoms with van der Waals surface area (Å²) < 4.78 is 9.34. The summed E-state index contributed by atoms with van der Waals surface area (Å²) in [6.07, 6.45) is 1.95. The predicted molar refractivity (Wildman–Crippen MR) is 160 cm³/mol. The number of methoxy groups -OCH3 is 1. The molecule has 0 amide bonds. The molecule has 0 saturated carbocycles. The van der Waals surface area contributed by atoms with E-state index in [0.717, 1.165) is 75.4 Å². The molecule has 2 aromatic heterocycles. The third-order valence-electron chi connectivity index (χ3n) is 7.58. The summed E-state index contributed by atoms with van der Waals surface area (Å²) in [5.41, 5.74) is 10.5. The highest BCUT2D eigenvalue weighted by Crippen LogP contribution is 2.31. The minimum Gasteiger partial charge on any atom is -0.465 e. The lowest BCUT2D eigenvalue weighted by atomic mass is 10.0. The number of imidazole rings is 2. The molecule has 0 aliphatic rings. The van der Waals surface area contributed by atoms with Gasteiger partial charge in [-0.15, -0.1) is 0 Å². The molecule has 0 radical (unpaired) electrons. The van der Waals surface area contributed by atoms with E-state index in [4.69, 9.17) is 14.7 Å². The molecule has 2 heterocycles. The average molecular weight is 529 g/mol. The third kappa shape index (κ3) is 4.56. The van der Waals surface area contributed by atoms with Gasteiger partial charge in [0, 0.05) is 25.6 Å². The molecule has 6 heteroatoms. The van der Waals surface area contributed by atoms with Crippen LogP contribution in [0.15, 0.2) is 84.9 Å². The molecule has 0 saturated heterocycles. The summed E-state index contributed by atoms with van der Waals surface area (Å²) in [5.74, 6) is 1.73. The van der Waals surface area contributed by atoms with Crippen LogP contribution >= 0.6 is 0 Å². The van der Waals surface area contributed by atoms with E-state index in [0.29, 0.717) is 5.56 Å². The van der Waals surface area contributed by atoms with Crippen molar-refractivity contribution in [2.75, 3.05) is 7.11 Å². The van der Waals surface area contributed by atoms with Crippen molar-refractivity contribution in [2.45, 2.75) is 33.2 Å². The number of rotatable bonds is 7. The minimum absolute atomic E-state index is 0.327. The molecule has 0 N–H and O–H groups in total. The van der Waals surface area contributed by atoms with E-state index in [9.17, 15) is 4.79 Å². The van der Waals surface area contributed by atoms with Gasteiger partial charge in [0.1, 0.15) is 11.6 Å². The number of hydrogen-bond donors (Lipinski definition) is 0. The molecular weight excluding hydrogens is 496 g/mol. The van der Waals surface area contributed by atoms with Crippen LogP contribution in [0.4, 0.5) is 0 Å². The zero-order valence-electron chi connectivity index (χ0n) is 23.3. The zero-order valence-corrected chi connectivity index (χ0v) is 23.3. The quantitative estimate of drug-likeness (QED) is 0.203. The Balaban J connectivity index is 1.37. The number of aryl methyl sites for hydroxylation is 3. The lowest BCUT2D eigenvalue weighted by molar-refractivity contribution is 0.0600. The van der Waals surface area contributed by atoms with E-state index in [1.165, 1.54) is 12.7 Å². The molecule has 40 heavy (non-hydrogen) atoms. The largest absolute Gasteiger partial charge is 0.465 e. The van der Waals surface area contributed by atoms with Gasteiger partial charge < -0.3 is 13.9 Å². The van der Waals surface area contributed by atoms with Crippen molar-refractivity contribution in [3.63, 3.8) is 0 Å². The van der Waals surface area contributed by atoms with E-state index in [2.05, 4.69) is 84.6 Å². The minimum atomic E-state index is -0.327. The van der Waals surface area contributed by atoms with Crippen LogP contribution in [0.2, 0.25) is 0 Å². The van der Waals surface area contributed by atoms with E-state index in [-0.39, 0.29) is 5.97 Å². The van der Waals surface area contributed by atoms with Crippen molar-refractivity contribution < 1.29 is 9.53 Å². The summed E-state index contributed by atoms with van der Waals surface area (Å²) in [5, 5.41) is 0. The summed E-state index contributed by atoms with van der Waals surface area (Å²) in [6.45, 7) is 5.07. The molecule has 4 aromatic carbocycles. The first kappa shape index (κ1) is 25.6. The lowest BCUT2D eigenvalue weighted by Gasteiger charge is -2.12. The number of fused-ring (bicyclic) bond motifs is 2. The standard InChI is InChI=1S/C34H32N4O2/c1-5-8-31-36-32-22(2)19-27(33-35-28-9-6-7-10-29(28)37(33)3)20-30(32)38(31)21-23-11-13-24(14-12-23)25-15-17-26(18-16-25)34(39)40-4/h6-7,9-20H,5,8,21H2,1-4H3. The molecular formula is C34H32N4O2. The average Bonchev–Trinajstić information content (AvgIpc) is 3.51. The molecule has 0 fully saturated rings. The first-order valence-corrected chi connectivity index (χ1v) is 13.7. The second-order valence-electron chi connectivity index (χ2n) is 10.3. The summed E-state index contributed by atoms with van der Waals surface area (Å²) in [7, 11) is 3.47. The van der Waals surface area contributed by atoms with Gasteiger partial charge in [0.05, 0.1) is 34.7 Å². The van der Waals surface area contributed by atoms with Gasteiger partial charge in [-0.3, -0.25) is 0 Å². The summed E-state index contributed by atoms with van der Waals surface area (Å²) >= 11 is 0. The topological polar surface area (TPSA) is 61.9 Å². The maximum atomic E-state index is 11.8. The maximum absolute atomic E-state index is 11.8. The van der Waals surface area contributed by atoms with Gasteiger partial charge in [-0.1, -0.05) is 55.5 Å². The van der Waals surface area contributed by atoms with Crippen LogP contribution < -0.4 is 0 Å². The maximum Gasteiger partial charge on any atom is 0.337 e. The molecule has 0 atom stereocenters. The molecule has 6 aromatic rings. The Bertz CT molecular complexity index is 1840. The molecule has 6 nitrogen and oxygen atoms in total. The van der Waals surface area contributed by atoms with Crippen molar-refractivity contribution in [3.8, 4) is 22.5 Å². The SMILES string of the molecule is CCCc1nc2c(C)cc(-c3nc4ccccc4n3C)cc2n1Cc1ccc(-c2ccc(C(=O)OC)cc2)cc1. The van der Waals surface area contributed by atoms with Crippen LogP contribution in [0, 0.1) is 6.92 Å². The fourth-order valence-electron chi connectivity index (χ4n) is 5.47. The van der Waals surface area contributed by atoms with Gasteiger partial charge >= 0.3 is 5.97 Å². The Morgan fingerprint density at radius 2 is 1.55 bits per heavy atom. The summed E-state index contributed by atoms with van der Waals surface area (Å²) in [6, 6.07) is 28.8. The number of para-hydroxylation sites is 2. The molecule has 200 valence electrons. The Morgan fingerprint density at radius 1 is 0.850 bits per heavy atom. The molecule has 0 bridgehead atoms. The first-order chi connectivity index (χ1) is 19.5. The van der Waals surface area contributed by atoms with Gasteiger partial charge in [-0.2, -0.15) is 0 Å². The Kier molecular flexibility index (Phi) is 6.68. The normalized spacial score (nSPS) is 11.4. The highest BCUT2D eigenvalue weighted by Gasteiger charge is 2.17. The highest BCUT2D eigenvalue weighted by atomic mass is 16.5. The van der Waals surface area contributed by atoms with Gasteiger partial charge in [0.15, 0.2) is 0 Å². The fraction of sp³-hybridized carbons (Fsp3) is 0.206. The number of carbonyl (C=O) groups is 1. The van der Waals surface area contributed by atoms with Crippen molar-refractivity contribution in [3.05, 3.63) is 107 Å². The van der Waals surface area contributed by atoms with Crippen LogP contribution in [-0.2, 0) is 24.8 Å². The predicted octanol–water partition coefficient (Wildman–Crippen LogP) is 7.35. The van der Waals surface area contributed by atoms with Crippen LogP contribution in [0.25, 0.3) is 44.6 Å². The Labute approximate surface area is 233 Å². The second-order valence-corrected chi connectivity index (χ2v) is 10.3.